The van der Waals surface area contributed by atoms with E-state index in [4.69, 9.17) is 9.47 Å². The van der Waals surface area contributed by atoms with E-state index in [2.05, 4.69) is 13.8 Å². The van der Waals surface area contributed by atoms with Gasteiger partial charge < -0.3 is 9.47 Å². The largest absolute Gasteiger partial charge is 0.463 e. The molecule has 2 unspecified atom stereocenters. The van der Waals surface area contributed by atoms with Crippen LogP contribution in [-0.4, -0.2) is 29.9 Å². The average Bonchev–Trinajstić information content (AvgIpc) is 2.90. The second-order valence-corrected chi connectivity index (χ2v) is 10.1. The van der Waals surface area contributed by atoms with E-state index in [1.54, 1.807) is 0 Å². The van der Waals surface area contributed by atoms with Crippen LogP contribution in [0.25, 0.3) is 0 Å². The first-order valence-electron chi connectivity index (χ1n) is 10.7. The van der Waals surface area contributed by atoms with E-state index in [1.807, 2.05) is 6.08 Å². The van der Waals surface area contributed by atoms with Gasteiger partial charge in [0, 0.05) is 26.2 Å². The molecule has 0 saturated heterocycles. The zero-order valence-corrected chi connectivity index (χ0v) is 17.5. The highest BCUT2D eigenvalue weighted by atomic mass is 16.5. The summed E-state index contributed by atoms with van der Waals surface area (Å²) in [5.41, 5.74) is 1.26. The first-order chi connectivity index (χ1) is 13.1. The van der Waals surface area contributed by atoms with E-state index in [1.165, 1.54) is 19.4 Å². The van der Waals surface area contributed by atoms with E-state index in [0.29, 0.717) is 12.3 Å². The molecule has 0 amide bonds. The molecule has 0 aromatic carbocycles. The number of allylic oxidation sites excluding steroid dienone is 1. The molecule has 0 bridgehead atoms. The minimum atomic E-state index is -0.245. The standard InChI is InChI=1S/C23H32O5/c1-13(24)27-16-5-8-23(4)15(9-16)10-20(26)21-18(23)6-7-22(3)12-17(11-19(21)22)28-14(2)25/h10,16-19,21H,5-9,11-12H2,1-4H3/t16?,17?,18-,19-,21+,22+,23-/m0/s1. The van der Waals surface area contributed by atoms with E-state index >= 15 is 0 Å². The van der Waals surface area contributed by atoms with Gasteiger partial charge in [0.25, 0.3) is 0 Å². The lowest BCUT2D eigenvalue weighted by atomic mass is 9.48. The lowest BCUT2D eigenvalue weighted by Crippen LogP contribution is -2.52. The molecule has 28 heavy (non-hydrogen) atoms. The van der Waals surface area contributed by atoms with Crippen LogP contribution in [0.2, 0.25) is 0 Å². The van der Waals surface area contributed by atoms with Crippen LogP contribution in [0.3, 0.4) is 0 Å². The number of hydrogen-bond donors (Lipinski definition) is 0. The third-order valence-corrected chi connectivity index (χ3v) is 8.29. The number of fused-ring (bicyclic) bond motifs is 5. The molecule has 4 aliphatic carbocycles. The van der Waals surface area contributed by atoms with Crippen molar-refractivity contribution < 1.29 is 23.9 Å². The zero-order valence-electron chi connectivity index (χ0n) is 17.5. The van der Waals surface area contributed by atoms with E-state index < -0.39 is 0 Å². The van der Waals surface area contributed by atoms with Crippen LogP contribution in [0.1, 0.15) is 72.6 Å². The normalized spacial score (nSPS) is 44.6. The number of ketones is 1. The van der Waals surface area contributed by atoms with Crippen LogP contribution >= 0.6 is 0 Å². The number of ether oxygens (including phenoxy) is 2. The van der Waals surface area contributed by atoms with Crippen molar-refractivity contribution in [3.8, 4) is 0 Å². The minimum absolute atomic E-state index is 0.01000. The van der Waals surface area contributed by atoms with E-state index in [9.17, 15) is 14.4 Å². The summed E-state index contributed by atoms with van der Waals surface area (Å²) >= 11 is 0. The van der Waals surface area contributed by atoms with Gasteiger partial charge in [-0.15, -0.1) is 0 Å². The highest BCUT2D eigenvalue weighted by Gasteiger charge is 2.60. The fourth-order valence-electron chi connectivity index (χ4n) is 7.02. The summed E-state index contributed by atoms with van der Waals surface area (Å²) in [7, 11) is 0. The maximum absolute atomic E-state index is 13.3. The average molecular weight is 389 g/mol. The van der Waals surface area contributed by atoms with Gasteiger partial charge in [0.15, 0.2) is 5.78 Å². The quantitative estimate of drug-likeness (QED) is 0.669. The fourth-order valence-corrected chi connectivity index (χ4v) is 7.02. The molecule has 0 heterocycles. The van der Waals surface area contributed by atoms with Gasteiger partial charge in [0.2, 0.25) is 0 Å². The molecule has 5 nitrogen and oxygen atoms in total. The Morgan fingerprint density at radius 2 is 1.68 bits per heavy atom. The van der Waals surface area contributed by atoms with Crippen LogP contribution in [0.15, 0.2) is 11.6 Å². The Morgan fingerprint density at radius 1 is 1.00 bits per heavy atom. The van der Waals surface area contributed by atoms with E-state index in [0.717, 1.165) is 38.5 Å². The summed E-state index contributed by atoms with van der Waals surface area (Å²) < 4.78 is 11.0. The van der Waals surface area contributed by atoms with Gasteiger partial charge >= 0.3 is 11.9 Å². The van der Waals surface area contributed by atoms with Crippen LogP contribution in [-0.2, 0) is 23.9 Å². The molecule has 0 aliphatic heterocycles. The van der Waals surface area contributed by atoms with Crippen molar-refractivity contribution in [3.63, 3.8) is 0 Å². The number of rotatable bonds is 2. The van der Waals surface area contributed by atoms with Crippen molar-refractivity contribution in [3.05, 3.63) is 11.6 Å². The molecule has 4 rings (SSSR count). The van der Waals surface area contributed by atoms with Gasteiger partial charge in [0.05, 0.1) is 0 Å². The van der Waals surface area contributed by atoms with E-state index in [-0.39, 0.29) is 52.6 Å². The molecule has 4 aliphatic rings. The predicted molar refractivity (Wildman–Crippen MR) is 103 cm³/mol. The van der Waals surface area contributed by atoms with Crippen molar-refractivity contribution in [2.45, 2.75) is 84.8 Å². The first-order valence-corrected chi connectivity index (χ1v) is 10.7. The Hall–Kier alpha value is -1.65. The lowest BCUT2D eigenvalue weighted by Gasteiger charge is -2.56. The Labute approximate surface area is 167 Å². The number of hydrogen-bond acceptors (Lipinski definition) is 5. The Morgan fingerprint density at radius 3 is 2.36 bits per heavy atom. The summed E-state index contributed by atoms with van der Waals surface area (Å²) in [4.78, 5) is 36.1. The molecular weight excluding hydrogens is 356 g/mol. The van der Waals surface area contributed by atoms with Crippen molar-refractivity contribution in [1.82, 2.24) is 0 Å². The molecule has 0 spiro atoms. The van der Waals surface area contributed by atoms with Crippen LogP contribution < -0.4 is 0 Å². The monoisotopic (exact) mass is 388 g/mol. The van der Waals surface area contributed by atoms with Gasteiger partial charge in [-0.25, -0.2) is 0 Å². The van der Waals surface area contributed by atoms with Crippen molar-refractivity contribution >= 4 is 17.7 Å². The Balaban J connectivity index is 1.61. The van der Waals surface area contributed by atoms with Crippen LogP contribution in [0.5, 0.6) is 0 Å². The zero-order chi connectivity index (χ0) is 20.3. The SMILES string of the molecule is CC(=O)OC1CC[C@@]2(C)C(=CC(=O)[C@H]3[C@@H]4CC(OC(C)=O)C[C@@]4(C)CC[C@@H]32)C1. The minimum Gasteiger partial charge on any atom is -0.463 e. The molecule has 154 valence electrons. The van der Waals surface area contributed by atoms with Gasteiger partial charge in [-0.05, 0) is 67.3 Å². The highest BCUT2D eigenvalue weighted by Crippen LogP contribution is 2.64. The summed E-state index contributed by atoms with van der Waals surface area (Å²) in [5, 5.41) is 0. The van der Waals surface area contributed by atoms with Crippen molar-refractivity contribution in [2.75, 3.05) is 0 Å². The molecule has 5 heteroatoms. The van der Waals surface area contributed by atoms with Gasteiger partial charge in [-0.1, -0.05) is 19.4 Å². The lowest BCUT2D eigenvalue weighted by molar-refractivity contribution is -0.149. The van der Waals surface area contributed by atoms with Crippen LogP contribution in [0.4, 0.5) is 0 Å². The topological polar surface area (TPSA) is 69.7 Å². The second kappa shape index (κ2) is 6.70. The Bertz CT molecular complexity index is 739. The molecule has 7 atom stereocenters. The highest BCUT2D eigenvalue weighted by molar-refractivity contribution is 5.94. The van der Waals surface area contributed by atoms with Crippen molar-refractivity contribution in [1.29, 1.82) is 0 Å². The molecule has 0 aromatic rings. The summed E-state index contributed by atoms with van der Waals surface area (Å²) in [6.45, 7) is 7.51. The first kappa shape index (κ1) is 19.7. The third kappa shape index (κ3) is 3.11. The van der Waals surface area contributed by atoms with Gasteiger partial charge in [-0.2, -0.15) is 0 Å². The summed E-state index contributed by atoms with van der Waals surface area (Å²) in [6.07, 6.45) is 8.03. The third-order valence-electron chi connectivity index (χ3n) is 8.29. The number of carbonyl (C=O) groups excluding carboxylic acids is 3. The second-order valence-electron chi connectivity index (χ2n) is 10.1. The number of esters is 2. The molecular formula is C23H32O5. The van der Waals surface area contributed by atoms with Crippen molar-refractivity contribution in [2.24, 2.45) is 28.6 Å². The molecule has 3 saturated carbocycles. The molecule has 0 N–H and O–H groups in total. The maximum atomic E-state index is 13.3. The smallest absolute Gasteiger partial charge is 0.302 e. The van der Waals surface area contributed by atoms with Gasteiger partial charge in [0.1, 0.15) is 12.2 Å². The summed E-state index contributed by atoms with van der Waals surface area (Å²) in [5.74, 6) is 0.414. The molecule has 0 aromatic heterocycles. The Kier molecular flexibility index (Phi) is 4.71. The fraction of sp³-hybridized carbons (Fsp3) is 0.783. The summed E-state index contributed by atoms with van der Waals surface area (Å²) in [6, 6.07) is 0. The molecule has 0 radical (unpaired) electrons. The number of carbonyl (C=O) groups is 3. The predicted octanol–water partition coefficient (Wildman–Crippen LogP) is 3.99. The molecule has 3 fully saturated rings. The maximum Gasteiger partial charge on any atom is 0.302 e. The van der Waals surface area contributed by atoms with Crippen LogP contribution in [0, 0.1) is 28.6 Å². The van der Waals surface area contributed by atoms with Gasteiger partial charge in [-0.3, -0.25) is 14.4 Å².